The number of aryl methyl sites for hydroxylation is 1. The largest absolute Gasteiger partial charge is 0.490 e. The topological polar surface area (TPSA) is 109 Å². The van der Waals surface area contributed by atoms with E-state index < -0.39 is 5.97 Å². The quantitative estimate of drug-likeness (QED) is 0.288. The number of carboxylic acid groups (broad SMARTS) is 1. The lowest BCUT2D eigenvalue weighted by atomic mass is 10.0. The predicted molar refractivity (Wildman–Crippen MR) is 135 cm³/mol. The molecule has 178 valence electrons. The number of amides is 1. The van der Waals surface area contributed by atoms with Crippen LogP contribution < -0.4 is 14.8 Å². The van der Waals surface area contributed by atoms with Crippen molar-refractivity contribution < 1.29 is 24.2 Å². The third-order valence-corrected chi connectivity index (χ3v) is 5.17. The molecule has 3 aromatic carbocycles. The van der Waals surface area contributed by atoms with Gasteiger partial charge in [-0.1, -0.05) is 41.4 Å². The molecule has 0 saturated heterocycles. The minimum atomic E-state index is -1.05. The van der Waals surface area contributed by atoms with Crippen molar-refractivity contribution in [1.29, 1.82) is 5.26 Å². The van der Waals surface area contributed by atoms with Crippen LogP contribution in [0.15, 0.2) is 60.7 Å². The summed E-state index contributed by atoms with van der Waals surface area (Å²) in [4.78, 5) is 23.4. The minimum absolute atomic E-state index is 0.126. The van der Waals surface area contributed by atoms with Gasteiger partial charge in [0.25, 0.3) is 5.91 Å². The van der Waals surface area contributed by atoms with Crippen molar-refractivity contribution in [2.24, 2.45) is 0 Å². The zero-order valence-corrected chi connectivity index (χ0v) is 19.9. The molecule has 0 saturated carbocycles. The number of halogens is 1. The number of anilines is 1. The standard InChI is InChI=1S/C27H23ClN2O5/c1-3-34-24-14-18(12-21(15-29)19-6-8-20(9-7-19)27(32)33)13-23(28)26(24)35-16-25(31)30-22-10-4-17(2)5-11-22/h4-14H,3,16H2,1-2H3,(H,30,31)(H,32,33). The fourth-order valence-electron chi connectivity index (χ4n) is 3.19. The van der Waals surface area contributed by atoms with Crippen molar-refractivity contribution in [3.63, 3.8) is 0 Å². The number of hydrogen-bond acceptors (Lipinski definition) is 5. The molecule has 35 heavy (non-hydrogen) atoms. The van der Waals surface area contributed by atoms with E-state index in [-0.39, 0.29) is 28.8 Å². The zero-order valence-electron chi connectivity index (χ0n) is 19.2. The van der Waals surface area contributed by atoms with Gasteiger partial charge in [0.1, 0.15) is 0 Å². The average molecular weight is 491 g/mol. The van der Waals surface area contributed by atoms with Crippen LogP contribution in [0.1, 0.15) is 34.0 Å². The lowest BCUT2D eigenvalue weighted by Gasteiger charge is -2.15. The van der Waals surface area contributed by atoms with E-state index in [1.807, 2.05) is 19.1 Å². The highest BCUT2D eigenvalue weighted by molar-refractivity contribution is 6.32. The smallest absolute Gasteiger partial charge is 0.335 e. The van der Waals surface area contributed by atoms with Crippen molar-refractivity contribution >= 4 is 40.8 Å². The SMILES string of the molecule is CCOc1cc(C=C(C#N)c2ccc(C(=O)O)cc2)cc(Cl)c1OCC(=O)Nc1ccc(C)cc1. The molecule has 0 fully saturated rings. The number of carbonyl (C=O) groups is 2. The van der Waals surface area contributed by atoms with E-state index >= 15 is 0 Å². The van der Waals surface area contributed by atoms with Gasteiger partial charge in [0.2, 0.25) is 0 Å². The normalized spacial score (nSPS) is 10.9. The Balaban J connectivity index is 1.81. The maximum absolute atomic E-state index is 12.3. The summed E-state index contributed by atoms with van der Waals surface area (Å²) < 4.78 is 11.3. The molecule has 3 rings (SSSR count). The Bertz CT molecular complexity index is 1290. The second-order valence-corrected chi connectivity index (χ2v) is 7.93. The molecule has 0 spiro atoms. The third kappa shape index (κ3) is 6.85. The number of carboxylic acids is 1. The Kier molecular flexibility index (Phi) is 8.49. The van der Waals surface area contributed by atoms with Gasteiger partial charge in [0.05, 0.1) is 28.8 Å². The summed E-state index contributed by atoms with van der Waals surface area (Å²) in [7, 11) is 0. The van der Waals surface area contributed by atoms with Crippen molar-refractivity contribution in [2.45, 2.75) is 13.8 Å². The summed E-state index contributed by atoms with van der Waals surface area (Å²) in [5.41, 5.74) is 3.31. The Morgan fingerprint density at radius 2 is 1.71 bits per heavy atom. The lowest BCUT2D eigenvalue weighted by molar-refractivity contribution is -0.118. The zero-order chi connectivity index (χ0) is 25.4. The monoisotopic (exact) mass is 490 g/mol. The number of rotatable bonds is 9. The fraction of sp³-hybridized carbons (Fsp3) is 0.148. The van der Waals surface area contributed by atoms with Gasteiger partial charge in [-0.2, -0.15) is 5.26 Å². The Morgan fingerprint density at radius 3 is 2.31 bits per heavy atom. The average Bonchev–Trinajstić information content (AvgIpc) is 2.83. The number of carbonyl (C=O) groups excluding carboxylic acids is 1. The van der Waals surface area contributed by atoms with Crippen molar-refractivity contribution in [1.82, 2.24) is 0 Å². The fourth-order valence-corrected chi connectivity index (χ4v) is 3.46. The van der Waals surface area contributed by atoms with Crippen molar-refractivity contribution in [3.8, 4) is 17.6 Å². The van der Waals surface area contributed by atoms with Gasteiger partial charge in [0, 0.05) is 5.69 Å². The number of ether oxygens (including phenoxy) is 2. The van der Waals surface area contributed by atoms with Crippen molar-refractivity contribution in [3.05, 3.63) is 87.9 Å². The minimum Gasteiger partial charge on any atom is -0.490 e. The van der Waals surface area contributed by atoms with Gasteiger partial charge >= 0.3 is 5.97 Å². The molecule has 8 heteroatoms. The van der Waals surface area contributed by atoms with E-state index in [0.29, 0.717) is 34.7 Å². The number of nitrogens with zero attached hydrogens (tertiary/aromatic N) is 1. The van der Waals surface area contributed by atoms with Crippen LogP contribution >= 0.6 is 11.6 Å². The molecule has 3 aromatic rings. The van der Waals surface area contributed by atoms with Gasteiger partial charge in [-0.25, -0.2) is 4.79 Å². The van der Waals surface area contributed by atoms with Gasteiger partial charge in [-0.15, -0.1) is 0 Å². The van der Waals surface area contributed by atoms with Crippen LogP contribution in [0, 0.1) is 18.3 Å². The first kappa shape index (κ1) is 25.3. The van der Waals surface area contributed by atoms with Gasteiger partial charge in [0.15, 0.2) is 18.1 Å². The molecule has 0 unspecified atom stereocenters. The maximum Gasteiger partial charge on any atom is 0.335 e. The summed E-state index contributed by atoms with van der Waals surface area (Å²) in [6.45, 7) is 3.81. The predicted octanol–water partition coefficient (Wildman–Crippen LogP) is 5.83. The summed E-state index contributed by atoms with van der Waals surface area (Å²) in [5, 5.41) is 21.7. The van der Waals surface area contributed by atoms with Gasteiger partial charge in [-0.3, -0.25) is 4.79 Å². The molecular formula is C27H23ClN2O5. The van der Waals surface area contributed by atoms with E-state index in [1.165, 1.54) is 12.1 Å². The number of hydrogen-bond donors (Lipinski definition) is 2. The van der Waals surface area contributed by atoms with Crippen LogP contribution in [-0.2, 0) is 4.79 Å². The summed E-state index contributed by atoms with van der Waals surface area (Å²) in [6.07, 6.45) is 1.61. The highest BCUT2D eigenvalue weighted by Crippen LogP contribution is 2.37. The Morgan fingerprint density at radius 1 is 1.06 bits per heavy atom. The van der Waals surface area contributed by atoms with Crippen LogP contribution in [0.4, 0.5) is 5.69 Å². The van der Waals surface area contributed by atoms with Gasteiger partial charge in [-0.05, 0) is 67.4 Å². The van der Waals surface area contributed by atoms with Crippen LogP contribution in [-0.4, -0.2) is 30.2 Å². The van der Waals surface area contributed by atoms with E-state index in [9.17, 15) is 14.9 Å². The van der Waals surface area contributed by atoms with Crippen LogP contribution in [0.25, 0.3) is 11.6 Å². The molecule has 1 amide bonds. The molecule has 0 bridgehead atoms. The highest BCUT2D eigenvalue weighted by Gasteiger charge is 2.15. The molecule has 0 aliphatic rings. The number of nitrogens with one attached hydrogen (secondary N) is 1. The number of aromatic carboxylic acids is 1. The summed E-state index contributed by atoms with van der Waals surface area (Å²) >= 11 is 6.45. The molecule has 0 atom stereocenters. The highest BCUT2D eigenvalue weighted by atomic mass is 35.5. The molecule has 0 aliphatic heterocycles. The number of nitriles is 1. The maximum atomic E-state index is 12.3. The first-order chi connectivity index (χ1) is 16.8. The van der Waals surface area contributed by atoms with Gasteiger partial charge < -0.3 is 19.9 Å². The molecule has 0 radical (unpaired) electrons. The molecular weight excluding hydrogens is 468 g/mol. The van der Waals surface area contributed by atoms with E-state index in [4.69, 9.17) is 26.2 Å². The summed E-state index contributed by atoms with van der Waals surface area (Å²) in [6, 6.07) is 18.7. The molecule has 0 aliphatic carbocycles. The van der Waals surface area contributed by atoms with Crippen LogP contribution in [0.3, 0.4) is 0 Å². The molecule has 0 heterocycles. The first-order valence-corrected chi connectivity index (χ1v) is 11.1. The Labute approximate surface area is 208 Å². The molecule has 7 nitrogen and oxygen atoms in total. The van der Waals surface area contributed by atoms with Crippen LogP contribution in [0.2, 0.25) is 5.02 Å². The molecule has 2 N–H and O–H groups in total. The molecule has 0 aromatic heterocycles. The second kappa shape index (κ2) is 11.7. The number of benzene rings is 3. The van der Waals surface area contributed by atoms with E-state index in [1.54, 1.807) is 49.4 Å². The second-order valence-electron chi connectivity index (χ2n) is 7.52. The van der Waals surface area contributed by atoms with Crippen molar-refractivity contribution in [2.75, 3.05) is 18.5 Å². The van der Waals surface area contributed by atoms with E-state index in [2.05, 4.69) is 11.4 Å². The Hall–Kier alpha value is -4.28. The number of allylic oxidation sites excluding steroid dienone is 1. The first-order valence-electron chi connectivity index (χ1n) is 10.7. The third-order valence-electron chi connectivity index (χ3n) is 4.89. The van der Waals surface area contributed by atoms with Crippen LogP contribution in [0.5, 0.6) is 11.5 Å². The summed E-state index contributed by atoms with van der Waals surface area (Å²) in [5.74, 6) is -0.856. The lowest BCUT2D eigenvalue weighted by Crippen LogP contribution is -2.20. The van der Waals surface area contributed by atoms with E-state index in [0.717, 1.165) is 5.56 Å².